The average molecular weight is 940 g/mol. The molecule has 0 N–H and O–H groups in total. The summed E-state index contributed by atoms with van der Waals surface area (Å²) in [5, 5.41) is 6.46. The Balaban J connectivity index is 0.904. The van der Waals surface area contributed by atoms with Gasteiger partial charge in [0, 0.05) is 60.1 Å². The van der Waals surface area contributed by atoms with Crippen LogP contribution in [0.5, 0.6) is 0 Å². The van der Waals surface area contributed by atoms with E-state index in [0.29, 0.717) is 28.5 Å². The van der Waals surface area contributed by atoms with Crippen LogP contribution >= 0.6 is 0 Å². The van der Waals surface area contributed by atoms with Crippen molar-refractivity contribution in [2.75, 3.05) is 0 Å². The van der Waals surface area contributed by atoms with E-state index in [1.165, 1.54) is 6.07 Å². The van der Waals surface area contributed by atoms with Gasteiger partial charge in [-0.05, 0) is 81.5 Å². The molecule has 0 amide bonds. The second kappa shape index (κ2) is 16.3. The summed E-state index contributed by atoms with van der Waals surface area (Å²) in [4.78, 5) is 15.6. The van der Waals surface area contributed by atoms with E-state index in [4.69, 9.17) is 30.6 Å². The molecule has 0 fully saturated rings. The molecule has 6 heteroatoms. The van der Waals surface area contributed by atoms with Gasteiger partial charge < -0.3 is 13.4 Å². The Kier molecular flexibility index (Phi) is 7.70. The lowest BCUT2D eigenvalue weighted by atomic mass is 9.97. The highest BCUT2D eigenvalue weighted by molar-refractivity contribution is 6.14. The predicted molar refractivity (Wildman–Crippen MR) is 299 cm³/mol. The van der Waals surface area contributed by atoms with Crippen LogP contribution in [0.15, 0.2) is 251 Å². The molecule has 15 rings (SSSR count). The van der Waals surface area contributed by atoms with Gasteiger partial charge in [0.25, 0.3) is 0 Å². The molecule has 0 spiro atoms. The maximum Gasteiger partial charge on any atom is 0.166 e. The first kappa shape index (κ1) is 34.4. The number of nitrogens with zero attached hydrogens (tertiary/aromatic N) is 4. The first-order chi connectivity index (χ1) is 39.1. The summed E-state index contributed by atoms with van der Waals surface area (Å²) in [5.74, 6) is 0.989. The molecule has 4 heterocycles. The number of fused-ring (bicyclic) bond motifs is 10. The smallest absolute Gasteiger partial charge is 0.166 e. The molecular weight excluding hydrogens is 893 g/mol. The van der Waals surface area contributed by atoms with E-state index in [0.717, 1.165) is 93.6 Å². The Bertz CT molecular complexity index is 5120. The highest BCUT2D eigenvalue weighted by Gasteiger charge is 2.21. The molecular formula is C67H40N4O2. The lowest BCUT2D eigenvalue weighted by Crippen LogP contribution is -2.03. The van der Waals surface area contributed by atoms with Crippen molar-refractivity contribution in [2.24, 2.45) is 0 Å². The minimum atomic E-state index is -0.476. The predicted octanol–water partition coefficient (Wildman–Crippen LogP) is 17.9. The number of hydrogen-bond acceptors (Lipinski definition) is 5. The second-order valence-electron chi connectivity index (χ2n) is 18.1. The first-order valence-corrected chi connectivity index (χ1v) is 24.0. The molecule has 15 aromatic rings. The van der Waals surface area contributed by atoms with E-state index in [9.17, 15) is 2.74 Å². The van der Waals surface area contributed by atoms with Gasteiger partial charge in [0.05, 0.1) is 26.3 Å². The maximum atomic E-state index is 9.26. The van der Waals surface area contributed by atoms with E-state index < -0.39 is 12.1 Å². The number of furan rings is 2. The summed E-state index contributed by atoms with van der Waals surface area (Å²) >= 11 is 0. The maximum absolute atomic E-state index is 9.26. The third-order valence-corrected chi connectivity index (χ3v) is 14.0. The zero-order valence-corrected chi connectivity index (χ0v) is 38.7. The van der Waals surface area contributed by atoms with E-state index in [1.54, 1.807) is 16.7 Å². The zero-order valence-electron chi connectivity index (χ0n) is 45.7. The van der Waals surface area contributed by atoms with Crippen LogP contribution in [0.1, 0.15) is 9.60 Å². The van der Waals surface area contributed by atoms with Gasteiger partial charge in [0.15, 0.2) is 17.5 Å². The van der Waals surface area contributed by atoms with Crippen molar-refractivity contribution < 1.29 is 18.4 Å². The second-order valence-corrected chi connectivity index (χ2v) is 18.1. The number of rotatable bonds is 7. The minimum Gasteiger partial charge on any atom is -0.455 e. The molecule has 4 aromatic heterocycles. The third-order valence-electron chi connectivity index (χ3n) is 14.0. The molecule has 6 nitrogen and oxygen atoms in total. The van der Waals surface area contributed by atoms with Crippen LogP contribution in [-0.4, -0.2) is 19.5 Å². The molecule has 0 saturated carbocycles. The van der Waals surface area contributed by atoms with E-state index in [2.05, 4.69) is 84.9 Å². The van der Waals surface area contributed by atoms with Gasteiger partial charge in [-0.2, -0.15) is 0 Å². The minimum absolute atomic E-state index is 0.0498. The summed E-state index contributed by atoms with van der Waals surface area (Å²) < 4.78 is 77.4. The normalized spacial score (nSPS) is 13.2. The topological polar surface area (TPSA) is 69.9 Å². The molecule has 73 heavy (non-hydrogen) atoms. The highest BCUT2D eigenvalue weighted by Crippen LogP contribution is 2.42. The largest absolute Gasteiger partial charge is 0.455 e. The monoisotopic (exact) mass is 939 g/mol. The van der Waals surface area contributed by atoms with Crippen LogP contribution in [-0.2, 0) is 0 Å². The van der Waals surface area contributed by atoms with Crippen molar-refractivity contribution in [3.63, 3.8) is 0 Å². The zero-order chi connectivity index (χ0) is 54.1. The van der Waals surface area contributed by atoms with Crippen LogP contribution in [0.4, 0.5) is 0 Å². The fraction of sp³-hybridized carbons (Fsp3) is 0. The van der Waals surface area contributed by atoms with Crippen LogP contribution in [0.2, 0.25) is 0 Å². The SMILES string of the molecule is [2H]c1cc([2H])c2c(c1[2H])c1c([2H])c([2H])c([2H])c([2H])c1n2-c1ccccc1-c1nc(-c2ccc(-c3cccc4ccccc34)cc2)nc(-c2cccc(-c3cccc4c3oc3ccc(-c5cccc6c5oc5ccccc56)cc34)c2)n1. The van der Waals surface area contributed by atoms with Crippen molar-refractivity contribution in [2.45, 2.75) is 0 Å². The van der Waals surface area contributed by atoms with Crippen LogP contribution in [0, 0.1) is 0 Å². The quantitative estimate of drug-likeness (QED) is 0.159. The third kappa shape index (κ3) is 6.62. The van der Waals surface area contributed by atoms with Crippen LogP contribution in [0.25, 0.3) is 150 Å². The number of para-hydroxylation sites is 6. The van der Waals surface area contributed by atoms with Crippen molar-refractivity contribution in [1.82, 2.24) is 19.5 Å². The highest BCUT2D eigenvalue weighted by atomic mass is 16.3. The fourth-order valence-corrected chi connectivity index (χ4v) is 10.6. The van der Waals surface area contributed by atoms with Gasteiger partial charge in [-0.25, -0.2) is 15.0 Å². The van der Waals surface area contributed by atoms with Gasteiger partial charge in [0.1, 0.15) is 22.3 Å². The molecule has 0 atom stereocenters. The van der Waals surface area contributed by atoms with Crippen molar-refractivity contribution in [3.8, 4) is 73.2 Å². The van der Waals surface area contributed by atoms with Gasteiger partial charge in [-0.15, -0.1) is 0 Å². The lowest BCUT2D eigenvalue weighted by Gasteiger charge is -2.15. The first-order valence-electron chi connectivity index (χ1n) is 27.5. The van der Waals surface area contributed by atoms with Crippen molar-refractivity contribution >= 4 is 76.5 Å². The van der Waals surface area contributed by atoms with Gasteiger partial charge >= 0.3 is 0 Å². The fourth-order valence-electron chi connectivity index (χ4n) is 10.6. The number of benzene rings is 11. The van der Waals surface area contributed by atoms with Gasteiger partial charge in [-0.1, -0.05) is 194 Å². The molecule has 0 aliphatic rings. The summed E-state index contributed by atoms with van der Waals surface area (Å²) in [6.45, 7) is 0. The molecule has 340 valence electrons. The molecule has 0 aliphatic carbocycles. The summed E-state index contributed by atoms with van der Waals surface area (Å²) in [7, 11) is 0. The molecule has 0 radical (unpaired) electrons. The molecule has 0 unspecified atom stereocenters. The summed E-state index contributed by atoms with van der Waals surface area (Å²) in [6.07, 6.45) is 0. The van der Waals surface area contributed by atoms with E-state index in [-0.39, 0.29) is 57.8 Å². The van der Waals surface area contributed by atoms with Crippen LogP contribution in [0.3, 0.4) is 0 Å². The Morgan fingerprint density at radius 3 is 1.73 bits per heavy atom. The van der Waals surface area contributed by atoms with Gasteiger partial charge in [0.2, 0.25) is 0 Å². The molecule has 0 bridgehead atoms. The average Bonchev–Trinajstić information content (AvgIpc) is 4.32. The standard InChI is InChI=1S/C67H40N4O2/c1-2-19-47-41(15-1)16-12-24-48(47)42-33-35-43(36-34-42)65-68-66(70-67(69-65)56-23-5-9-31-60(56)71-58-29-7-3-20-51(58)52-21-4-8-30-59(52)71)46-18-11-17-44(39-46)49-25-14-28-55-57-40-45(37-38-62(57)73-64(49)55)50-26-13-27-54-53-22-6-10-32-61(53)72-63(50)54/h1-40H/i3D,4D,7D,20D,21D,29D,30D. The van der Waals surface area contributed by atoms with Gasteiger partial charge in [-0.3, -0.25) is 0 Å². The molecule has 0 aliphatic heterocycles. The Morgan fingerprint density at radius 1 is 0.329 bits per heavy atom. The lowest BCUT2D eigenvalue weighted by molar-refractivity contribution is 0.669. The van der Waals surface area contributed by atoms with Crippen LogP contribution < -0.4 is 0 Å². The number of aromatic nitrogens is 4. The Hall–Kier alpha value is -9.91. The summed E-state index contributed by atoms with van der Waals surface area (Å²) in [6, 6.07) is 63.7. The Morgan fingerprint density at radius 2 is 0.877 bits per heavy atom. The molecule has 0 saturated heterocycles. The molecule has 11 aromatic carbocycles. The van der Waals surface area contributed by atoms with Crippen molar-refractivity contribution in [1.29, 1.82) is 0 Å². The van der Waals surface area contributed by atoms with E-state index in [1.807, 2.05) is 97.1 Å². The van der Waals surface area contributed by atoms with E-state index >= 15 is 0 Å². The number of hydrogen-bond donors (Lipinski definition) is 0. The van der Waals surface area contributed by atoms with Crippen molar-refractivity contribution in [3.05, 3.63) is 242 Å². The Labute approximate surface area is 428 Å². The summed E-state index contributed by atoms with van der Waals surface area (Å²) in [5.41, 5.74) is 11.5.